The Balaban J connectivity index is 1.41. The molecule has 0 spiro atoms. The zero-order chi connectivity index (χ0) is 18.8. The summed E-state index contributed by atoms with van der Waals surface area (Å²) in [6, 6.07) is 6.71. The Morgan fingerprint density at radius 1 is 1.33 bits per heavy atom. The monoisotopic (exact) mass is 404 g/mol. The SMILES string of the molecule is CC(=O)N1[C@@H](c2ccco2)SC[C@H]1C(=O)OCc1coc(-c2cccs2)n1. The van der Waals surface area contributed by atoms with E-state index in [1.165, 1.54) is 41.2 Å². The molecule has 140 valence electrons. The normalized spacial score (nSPS) is 19.4. The predicted molar refractivity (Wildman–Crippen MR) is 99.8 cm³/mol. The lowest BCUT2D eigenvalue weighted by atomic mass is 10.2. The quantitative estimate of drug-likeness (QED) is 0.599. The summed E-state index contributed by atoms with van der Waals surface area (Å²) in [5.41, 5.74) is 0.523. The number of oxazole rings is 1. The van der Waals surface area contributed by atoms with Crippen LogP contribution in [0.1, 0.15) is 23.8 Å². The van der Waals surface area contributed by atoms with Crippen molar-refractivity contribution in [2.45, 2.75) is 24.9 Å². The fourth-order valence-electron chi connectivity index (χ4n) is 2.85. The summed E-state index contributed by atoms with van der Waals surface area (Å²) >= 11 is 2.99. The molecule has 1 aliphatic heterocycles. The van der Waals surface area contributed by atoms with E-state index in [9.17, 15) is 9.59 Å². The summed E-state index contributed by atoms with van der Waals surface area (Å²) in [6.07, 6.45) is 3.02. The number of hydrogen-bond acceptors (Lipinski definition) is 8. The fourth-order valence-corrected chi connectivity index (χ4v) is 4.92. The zero-order valence-corrected chi connectivity index (χ0v) is 16.0. The van der Waals surface area contributed by atoms with Crippen LogP contribution in [0, 0.1) is 0 Å². The molecule has 0 aliphatic carbocycles. The maximum atomic E-state index is 12.6. The number of furan rings is 1. The van der Waals surface area contributed by atoms with Gasteiger partial charge in [0, 0.05) is 12.7 Å². The number of thiophene rings is 1. The van der Waals surface area contributed by atoms with Crippen LogP contribution in [0.25, 0.3) is 10.8 Å². The van der Waals surface area contributed by atoms with Gasteiger partial charge in [0.2, 0.25) is 11.8 Å². The van der Waals surface area contributed by atoms with Crippen LogP contribution in [-0.4, -0.2) is 33.6 Å². The van der Waals surface area contributed by atoms with Gasteiger partial charge in [-0.2, -0.15) is 0 Å². The summed E-state index contributed by atoms with van der Waals surface area (Å²) in [4.78, 5) is 31.4. The third-order valence-corrected chi connectivity index (χ3v) is 6.21. The number of carbonyl (C=O) groups excluding carboxylic acids is 2. The van der Waals surface area contributed by atoms with Crippen LogP contribution in [0.3, 0.4) is 0 Å². The highest BCUT2D eigenvalue weighted by Gasteiger charge is 2.43. The molecule has 1 saturated heterocycles. The summed E-state index contributed by atoms with van der Waals surface area (Å²) in [7, 11) is 0. The van der Waals surface area contributed by atoms with Crippen LogP contribution in [0.4, 0.5) is 0 Å². The van der Waals surface area contributed by atoms with E-state index in [1.54, 1.807) is 18.4 Å². The van der Waals surface area contributed by atoms with Crippen LogP contribution in [0.2, 0.25) is 0 Å². The van der Waals surface area contributed by atoms with E-state index in [1.807, 2.05) is 17.5 Å². The molecule has 0 radical (unpaired) electrons. The van der Waals surface area contributed by atoms with Crippen molar-refractivity contribution in [2.24, 2.45) is 0 Å². The topological polar surface area (TPSA) is 85.8 Å². The molecule has 0 aromatic carbocycles. The molecule has 1 fully saturated rings. The van der Waals surface area contributed by atoms with Gasteiger partial charge in [-0.15, -0.1) is 23.1 Å². The van der Waals surface area contributed by atoms with Gasteiger partial charge in [0.05, 0.1) is 11.1 Å². The van der Waals surface area contributed by atoms with Gasteiger partial charge in [0.1, 0.15) is 35.7 Å². The Labute approximate surface area is 163 Å². The number of amides is 1. The van der Waals surface area contributed by atoms with Crippen LogP contribution in [0.15, 0.2) is 51.0 Å². The smallest absolute Gasteiger partial charge is 0.330 e. The molecular weight excluding hydrogens is 388 g/mol. The molecule has 0 unspecified atom stereocenters. The number of rotatable bonds is 5. The maximum Gasteiger partial charge on any atom is 0.330 e. The molecule has 1 amide bonds. The minimum atomic E-state index is -0.661. The second kappa shape index (κ2) is 7.61. The number of hydrogen-bond donors (Lipinski definition) is 0. The van der Waals surface area contributed by atoms with Gasteiger partial charge in [-0.25, -0.2) is 9.78 Å². The Bertz CT molecular complexity index is 920. The van der Waals surface area contributed by atoms with E-state index in [2.05, 4.69) is 4.98 Å². The molecule has 4 rings (SSSR count). The number of thioether (sulfide) groups is 1. The predicted octanol–water partition coefficient (Wildman–Crippen LogP) is 3.70. The van der Waals surface area contributed by atoms with Crippen molar-refractivity contribution in [3.63, 3.8) is 0 Å². The van der Waals surface area contributed by atoms with E-state index >= 15 is 0 Å². The zero-order valence-electron chi connectivity index (χ0n) is 14.4. The molecule has 0 N–H and O–H groups in total. The Morgan fingerprint density at radius 2 is 2.22 bits per heavy atom. The second-order valence-corrected chi connectivity index (χ2v) is 7.93. The first-order chi connectivity index (χ1) is 13.1. The van der Waals surface area contributed by atoms with Crippen molar-refractivity contribution in [1.82, 2.24) is 9.88 Å². The molecule has 0 saturated carbocycles. The summed E-state index contributed by atoms with van der Waals surface area (Å²) < 4.78 is 16.2. The highest BCUT2D eigenvalue weighted by molar-refractivity contribution is 7.99. The van der Waals surface area contributed by atoms with Crippen molar-refractivity contribution in [1.29, 1.82) is 0 Å². The molecule has 0 bridgehead atoms. The lowest BCUT2D eigenvalue weighted by Gasteiger charge is -2.25. The van der Waals surface area contributed by atoms with Crippen molar-refractivity contribution >= 4 is 35.0 Å². The first-order valence-electron chi connectivity index (χ1n) is 8.22. The number of carbonyl (C=O) groups is 2. The molecule has 1 aliphatic rings. The molecule has 2 atom stereocenters. The minimum Gasteiger partial charge on any atom is -0.466 e. The van der Waals surface area contributed by atoms with Gasteiger partial charge in [-0.3, -0.25) is 4.79 Å². The van der Waals surface area contributed by atoms with Gasteiger partial charge in [0.15, 0.2) is 0 Å². The summed E-state index contributed by atoms with van der Waals surface area (Å²) in [5.74, 6) is 0.916. The third kappa shape index (κ3) is 3.65. The highest BCUT2D eigenvalue weighted by atomic mass is 32.2. The molecule has 3 aromatic rings. The lowest BCUT2D eigenvalue weighted by molar-refractivity contribution is -0.154. The van der Waals surface area contributed by atoms with Crippen LogP contribution in [-0.2, 0) is 20.9 Å². The van der Waals surface area contributed by atoms with Crippen LogP contribution < -0.4 is 0 Å². The largest absolute Gasteiger partial charge is 0.466 e. The first-order valence-corrected chi connectivity index (χ1v) is 10.1. The fraction of sp³-hybridized carbons (Fsp3) is 0.278. The average Bonchev–Trinajstić information content (AvgIpc) is 3.45. The van der Waals surface area contributed by atoms with Crippen molar-refractivity contribution in [2.75, 3.05) is 5.75 Å². The standard InChI is InChI=1S/C18H16N2O5S2/c1-11(21)20-13(10-27-17(20)14-4-2-6-23-14)18(22)25-9-12-8-24-16(19-12)15-5-3-7-26-15/h2-8,13,17H,9-10H2,1H3/t13-,17+/m0/s1. The van der Waals surface area contributed by atoms with E-state index in [4.69, 9.17) is 13.6 Å². The maximum absolute atomic E-state index is 12.6. The molecule has 7 nitrogen and oxygen atoms in total. The summed E-state index contributed by atoms with van der Waals surface area (Å²) in [6.45, 7) is 1.43. The molecular formula is C18H16N2O5S2. The van der Waals surface area contributed by atoms with E-state index < -0.39 is 12.0 Å². The van der Waals surface area contributed by atoms with Crippen molar-refractivity contribution in [3.8, 4) is 10.8 Å². The first kappa shape index (κ1) is 17.9. The average molecular weight is 404 g/mol. The number of esters is 1. The van der Waals surface area contributed by atoms with Crippen LogP contribution >= 0.6 is 23.1 Å². The Morgan fingerprint density at radius 3 is 2.93 bits per heavy atom. The van der Waals surface area contributed by atoms with Gasteiger partial charge in [0.25, 0.3) is 0 Å². The van der Waals surface area contributed by atoms with Gasteiger partial charge >= 0.3 is 5.97 Å². The van der Waals surface area contributed by atoms with Gasteiger partial charge in [-0.1, -0.05) is 6.07 Å². The third-order valence-electron chi connectivity index (χ3n) is 4.07. The van der Waals surface area contributed by atoms with E-state index in [-0.39, 0.29) is 17.9 Å². The van der Waals surface area contributed by atoms with Gasteiger partial charge in [-0.05, 0) is 23.6 Å². The molecule has 27 heavy (non-hydrogen) atoms. The van der Waals surface area contributed by atoms with Crippen molar-refractivity contribution in [3.05, 3.63) is 53.6 Å². The van der Waals surface area contributed by atoms with E-state index in [0.29, 0.717) is 23.1 Å². The lowest BCUT2D eigenvalue weighted by Crippen LogP contribution is -2.42. The molecule has 4 heterocycles. The number of aromatic nitrogens is 1. The van der Waals surface area contributed by atoms with E-state index in [0.717, 1.165) is 4.88 Å². The highest BCUT2D eigenvalue weighted by Crippen LogP contribution is 2.41. The number of ether oxygens (including phenoxy) is 1. The van der Waals surface area contributed by atoms with Gasteiger partial charge < -0.3 is 18.5 Å². The van der Waals surface area contributed by atoms with Crippen LogP contribution in [0.5, 0.6) is 0 Å². The number of nitrogens with zero attached hydrogens (tertiary/aromatic N) is 2. The van der Waals surface area contributed by atoms with Crippen molar-refractivity contribution < 1.29 is 23.2 Å². The Hall–Kier alpha value is -2.52. The Kier molecular flexibility index (Phi) is 5.04. The minimum absolute atomic E-state index is 0.00790. The molecule has 9 heteroatoms. The second-order valence-electron chi connectivity index (χ2n) is 5.87. The summed E-state index contributed by atoms with van der Waals surface area (Å²) in [5, 5.41) is 1.61. The molecule has 3 aromatic heterocycles.